The van der Waals surface area contributed by atoms with E-state index < -0.39 is 0 Å². The van der Waals surface area contributed by atoms with Crippen LogP contribution in [0.25, 0.3) is 28.1 Å². The Morgan fingerprint density at radius 3 is 2.87 bits per heavy atom. The number of hydrogen-bond acceptors (Lipinski definition) is 5. The van der Waals surface area contributed by atoms with Crippen LogP contribution < -0.4 is 0 Å². The molecule has 4 aromatic heterocycles. The summed E-state index contributed by atoms with van der Waals surface area (Å²) < 4.78 is 4.05. The van der Waals surface area contributed by atoms with Crippen LogP contribution in [0.2, 0.25) is 0 Å². The molecule has 1 aliphatic carbocycles. The fourth-order valence-corrected chi connectivity index (χ4v) is 2.88. The van der Waals surface area contributed by atoms with E-state index in [0.717, 1.165) is 41.0 Å². The molecule has 5 rings (SSSR count). The molecule has 4 heterocycles. The SMILES string of the molecule is N#Cc1ccc2nc(-n3cnc4ccncc43)n(C3CC3)c2n1. The van der Waals surface area contributed by atoms with Gasteiger partial charge in [-0.15, -0.1) is 0 Å². The van der Waals surface area contributed by atoms with Crippen LogP contribution in [0.3, 0.4) is 0 Å². The summed E-state index contributed by atoms with van der Waals surface area (Å²) in [7, 11) is 0. The second-order valence-electron chi connectivity index (χ2n) is 5.64. The van der Waals surface area contributed by atoms with Gasteiger partial charge in [0, 0.05) is 12.2 Å². The Morgan fingerprint density at radius 2 is 2.04 bits per heavy atom. The van der Waals surface area contributed by atoms with Gasteiger partial charge in [-0.3, -0.25) is 14.1 Å². The lowest BCUT2D eigenvalue weighted by atomic mass is 10.3. The average molecular weight is 301 g/mol. The van der Waals surface area contributed by atoms with E-state index in [2.05, 4.69) is 25.6 Å². The largest absolute Gasteiger partial charge is 0.291 e. The van der Waals surface area contributed by atoms with E-state index >= 15 is 0 Å². The summed E-state index contributed by atoms with van der Waals surface area (Å²) in [6.45, 7) is 0. The summed E-state index contributed by atoms with van der Waals surface area (Å²) in [6.07, 6.45) is 7.47. The first kappa shape index (κ1) is 12.3. The van der Waals surface area contributed by atoms with Crippen molar-refractivity contribution in [1.82, 2.24) is 29.1 Å². The third-order valence-corrected chi connectivity index (χ3v) is 4.11. The molecule has 0 aliphatic heterocycles. The number of nitriles is 1. The highest BCUT2D eigenvalue weighted by atomic mass is 15.3. The highest BCUT2D eigenvalue weighted by Gasteiger charge is 2.30. The Balaban J connectivity index is 1.84. The van der Waals surface area contributed by atoms with Crippen molar-refractivity contribution in [3.63, 3.8) is 0 Å². The smallest absolute Gasteiger partial charge is 0.218 e. The normalized spacial score (nSPS) is 14.4. The van der Waals surface area contributed by atoms with Gasteiger partial charge < -0.3 is 0 Å². The van der Waals surface area contributed by atoms with Gasteiger partial charge in [-0.1, -0.05) is 0 Å². The highest BCUT2D eigenvalue weighted by molar-refractivity contribution is 5.78. The van der Waals surface area contributed by atoms with Gasteiger partial charge in [-0.25, -0.2) is 15.0 Å². The molecule has 23 heavy (non-hydrogen) atoms. The predicted octanol–water partition coefficient (Wildman–Crippen LogP) is 2.37. The molecule has 0 spiro atoms. The van der Waals surface area contributed by atoms with E-state index in [1.165, 1.54) is 0 Å². The van der Waals surface area contributed by atoms with Crippen molar-refractivity contribution >= 4 is 22.2 Å². The number of imidazole rings is 2. The molecule has 110 valence electrons. The molecule has 1 saturated carbocycles. The van der Waals surface area contributed by atoms with E-state index in [-0.39, 0.29) is 0 Å². The molecule has 0 saturated heterocycles. The quantitative estimate of drug-likeness (QED) is 0.567. The second-order valence-corrected chi connectivity index (χ2v) is 5.64. The van der Waals surface area contributed by atoms with Crippen molar-refractivity contribution in [1.29, 1.82) is 5.26 Å². The van der Waals surface area contributed by atoms with Crippen LogP contribution in [0, 0.1) is 11.3 Å². The molecular formula is C16H11N7. The molecule has 0 atom stereocenters. The van der Waals surface area contributed by atoms with Gasteiger partial charge in [0.1, 0.15) is 23.6 Å². The molecule has 7 nitrogen and oxygen atoms in total. The standard InChI is InChI=1S/C16H11N7/c17-7-10-1-4-13-15(20-10)23(11-2-3-11)16(21-13)22-9-19-12-5-6-18-8-14(12)22/h1,4-6,8-9,11H,2-3H2. The van der Waals surface area contributed by atoms with Crippen LogP contribution in [0.4, 0.5) is 0 Å². The fourth-order valence-electron chi connectivity index (χ4n) is 2.88. The van der Waals surface area contributed by atoms with Gasteiger partial charge in [0.25, 0.3) is 0 Å². The zero-order valence-electron chi connectivity index (χ0n) is 12.1. The van der Waals surface area contributed by atoms with Crippen LogP contribution in [0.15, 0.2) is 36.9 Å². The van der Waals surface area contributed by atoms with E-state index in [9.17, 15) is 0 Å². The lowest BCUT2D eigenvalue weighted by Crippen LogP contribution is -2.05. The highest BCUT2D eigenvalue weighted by Crippen LogP contribution is 2.39. The van der Waals surface area contributed by atoms with Gasteiger partial charge in [-0.2, -0.15) is 5.26 Å². The van der Waals surface area contributed by atoms with Crippen LogP contribution in [0.5, 0.6) is 0 Å². The number of pyridine rings is 2. The van der Waals surface area contributed by atoms with Crippen LogP contribution >= 0.6 is 0 Å². The zero-order chi connectivity index (χ0) is 15.4. The third-order valence-electron chi connectivity index (χ3n) is 4.11. The molecule has 0 N–H and O–H groups in total. The number of nitrogens with zero attached hydrogens (tertiary/aromatic N) is 7. The van der Waals surface area contributed by atoms with E-state index in [1.807, 2.05) is 16.7 Å². The first-order valence-electron chi connectivity index (χ1n) is 7.41. The van der Waals surface area contributed by atoms with Crippen molar-refractivity contribution in [3.8, 4) is 12.0 Å². The Bertz CT molecular complexity index is 1090. The maximum absolute atomic E-state index is 9.11. The summed E-state index contributed by atoms with van der Waals surface area (Å²) in [5.74, 6) is 0.778. The molecule has 1 aliphatic rings. The minimum absolute atomic E-state index is 0.380. The monoisotopic (exact) mass is 301 g/mol. The van der Waals surface area contributed by atoms with Crippen molar-refractivity contribution in [2.45, 2.75) is 18.9 Å². The number of aromatic nitrogens is 6. The summed E-state index contributed by atoms with van der Waals surface area (Å²) in [4.78, 5) is 17.8. The molecule has 0 radical (unpaired) electrons. The van der Waals surface area contributed by atoms with Crippen molar-refractivity contribution in [3.05, 3.63) is 42.6 Å². The van der Waals surface area contributed by atoms with Crippen molar-refractivity contribution in [2.24, 2.45) is 0 Å². The molecule has 1 fully saturated rings. The van der Waals surface area contributed by atoms with Crippen LogP contribution in [0.1, 0.15) is 24.6 Å². The van der Waals surface area contributed by atoms with E-state index in [0.29, 0.717) is 11.7 Å². The lowest BCUT2D eigenvalue weighted by molar-refractivity contribution is 0.721. The number of fused-ring (bicyclic) bond motifs is 2. The second kappa shape index (κ2) is 4.36. The minimum Gasteiger partial charge on any atom is -0.291 e. The molecule has 0 aromatic carbocycles. The first-order valence-corrected chi connectivity index (χ1v) is 7.41. The lowest BCUT2D eigenvalue weighted by Gasteiger charge is -2.07. The van der Waals surface area contributed by atoms with Crippen LogP contribution in [-0.4, -0.2) is 29.1 Å². The Hall–Kier alpha value is -3.27. The summed E-state index contributed by atoms with van der Waals surface area (Å²) in [5, 5.41) is 9.11. The van der Waals surface area contributed by atoms with Gasteiger partial charge in [0.15, 0.2) is 5.65 Å². The first-order chi connectivity index (χ1) is 11.3. The van der Waals surface area contributed by atoms with E-state index in [1.54, 1.807) is 24.8 Å². The molecular weight excluding hydrogens is 290 g/mol. The topological polar surface area (TPSA) is 85.2 Å². The van der Waals surface area contributed by atoms with Crippen molar-refractivity contribution < 1.29 is 0 Å². The average Bonchev–Trinajstić information content (AvgIpc) is 3.22. The van der Waals surface area contributed by atoms with Crippen molar-refractivity contribution in [2.75, 3.05) is 0 Å². The van der Waals surface area contributed by atoms with Crippen LogP contribution in [-0.2, 0) is 0 Å². The molecule has 0 unspecified atom stereocenters. The van der Waals surface area contributed by atoms with Gasteiger partial charge in [0.05, 0.1) is 17.2 Å². The van der Waals surface area contributed by atoms with E-state index in [4.69, 9.17) is 10.2 Å². The maximum Gasteiger partial charge on any atom is 0.218 e. The third kappa shape index (κ3) is 1.75. The Labute approximate surface area is 130 Å². The summed E-state index contributed by atoms with van der Waals surface area (Å²) in [5.41, 5.74) is 3.73. The van der Waals surface area contributed by atoms with Gasteiger partial charge in [-0.05, 0) is 31.0 Å². The van der Waals surface area contributed by atoms with Gasteiger partial charge >= 0.3 is 0 Å². The molecule has 7 heteroatoms. The molecule has 0 amide bonds. The zero-order valence-corrected chi connectivity index (χ0v) is 12.1. The molecule has 4 aromatic rings. The van der Waals surface area contributed by atoms with Gasteiger partial charge in [0.2, 0.25) is 5.95 Å². The number of rotatable bonds is 2. The Kier molecular flexibility index (Phi) is 2.33. The minimum atomic E-state index is 0.380. The molecule has 0 bridgehead atoms. The predicted molar refractivity (Wildman–Crippen MR) is 82.9 cm³/mol. The maximum atomic E-state index is 9.11. The Morgan fingerprint density at radius 1 is 1.13 bits per heavy atom. The fraction of sp³-hybridized carbons (Fsp3) is 0.188. The summed E-state index contributed by atoms with van der Waals surface area (Å²) in [6, 6.07) is 7.90. The number of hydrogen-bond donors (Lipinski definition) is 0. The summed E-state index contributed by atoms with van der Waals surface area (Å²) >= 11 is 0.